The Morgan fingerprint density at radius 3 is 2.27 bits per heavy atom. The number of halogens is 4. The summed E-state index contributed by atoms with van der Waals surface area (Å²) in [6.07, 6.45) is -2.13. The van der Waals surface area contributed by atoms with E-state index in [9.17, 15) is 27.2 Å². The van der Waals surface area contributed by atoms with Crippen molar-refractivity contribution in [3.63, 3.8) is 0 Å². The second-order valence-electron chi connectivity index (χ2n) is 6.08. The molecule has 30 heavy (non-hydrogen) atoms. The Balaban J connectivity index is 1.80. The highest BCUT2D eigenvalue weighted by Gasteiger charge is 2.32. The number of thiazole rings is 1. The first-order valence-electron chi connectivity index (χ1n) is 8.29. The number of nitrogens with one attached hydrogen (secondary N) is 2. The molecule has 2 heterocycles. The molecule has 0 aliphatic rings. The quantitative estimate of drug-likeness (QED) is 0.594. The zero-order chi connectivity index (χ0) is 22.1. The normalized spacial score (nSPS) is 11.3. The van der Waals surface area contributed by atoms with Crippen molar-refractivity contribution in [3.8, 4) is 0 Å². The third-order valence-electron chi connectivity index (χ3n) is 3.84. The molecule has 2 N–H and O–H groups in total. The molecule has 3 rings (SSSR count). The predicted octanol–water partition coefficient (Wildman–Crippen LogP) is 4.21. The molecule has 0 aliphatic heterocycles. The maximum atomic E-state index is 14.3. The molecule has 1 aromatic carbocycles. The van der Waals surface area contributed by atoms with Gasteiger partial charge < -0.3 is 10.6 Å². The molecule has 0 radical (unpaired) electrons. The van der Waals surface area contributed by atoms with Crippen LogP contribution in [0.1, 0.15) is 36.3 Å². The Hall–Kier alpha value is -3.41. The van der Waals surface area contributed by atoms with Crippen molar-refractivity contribution < 1.29 is 27.2 Å². The lowest BCUT2D eigenvalue weighted by Crippen LogP contribution is -2.18. The van der Waals surface area contributed by atoms with Crippen LogP contribution in [0.3, 0.4) is 0 Å². The van der Waals surface area contributed by atoms with Gasteiger partial charge in [-0.3, -0.25) is 9.59 Å². The van der Waals surface area contributed by atoms with Gasteiger partial charge in [-0.25, -0.2) is 19.3 Å². The Labute approximate surface area is 171 Å². The minimum atomic E-state index is -4.68. The van der Waals surface area contributed by atoms with Gasteiger partial charge >= 0.3 is 6.18 Å². The molecule has 0 bridgehead atoms. The SMILES string of the molecule is Cc1ncc(C(=O)Nc2cc(C(=O)Nc3cnc(C(F)(F)F)cn3)c(F)cc2C)s1. The van der Waals surface area contributed by atoms with Crippen LogP contribution in [0.4, 0.5) is 29.1 Å². The van der Waals surface area contributed by atoms with Gasteiger partial charge in [0.15, 0.2) is 11.5 Å². The van der Waals surface area contributed by atoms with Crippen LogP contribution in [-0.4, -0.2) is 26.8 Å². The summed E-state index contributed by atoms with van der Waals surface area (Å²) in [5.41, 5.74) is -1.10. The summed E-state index contributed by atoms with van der Waals surface area (Å²) in [6.45, 7) is 3.27. The molecule has 2 amide bonds. The predicted molar refractivity (Wildman–Crippen MR) is 101 cm³/mol. The molecule has 0 saturated carbocycles. The Kier molecular flexibility index (Phi) is 5.78. The lowest BCUT2D eigenvalue weighted by molar-refractivity contribution is -0.141. The molecule has 0 spiro atoms. The van der Waals surface area contributed by atoms with E-state index in [4.69, 9.17) is 0 Å². The van der Waals surface area contributed by atoms with E-state index in [2.05, 4.69) is 25.6 Å². The fourth-order valence-electron chi connectivity index (χ4n) is 2.35. The number of aromatic nitrogens is 3. The van der Waals surface area contributed by atoms with E-state index >= 15 is 0 Å². The van der Waals surface area contributed by atoms with Crippen LogP contribution >= 0.6 is 11.3 Å². The summed E-state index contributed by atoms with van der Waals surface area (Å²) in [7, 11) is 0. The van der Waals surface area contributed by atoms with Gasteiger partial charge in [0, 0.05) is 5.69 Å². The molecule has 12 heteroatoms. The van der Waals surface area contributed by atoms with Gasteiger partial charge in [0.2, 0.25) is 0 Å². The van der Waals surface area contributed by atoms with Crippen LogP contribution in [0.15, 0.2) is 30.7 Å². The maximum absolute atomic E-state index is 14.3. The Bertz CT molecular complexity index is 1110. The van der Waals surface area contributed by atoms with Crippen molar-refractivity contribution in [2.75, 3.05) is 10.6 Å². The topological polar surface area (TPSA) is 96.9 Å². The van der Waals surface area contributed by atoms with Crippen LogP contribution in [0.25, 0.3) is 0 Å². The van der Waals surface area contributed by atoms with E-state index < -0.39 is 35.1 Å². The summed E-state index contributed by atoms with van der Waals surface area (Å²) in [4.78, 5) is 35.6. The fourth-order valence-corrected chi connectivity index (χ4v) is 3.03. The monoisotopic (exact) mass is 439 g/mol. The van der Waals surface area contributed by atoms with Gasteiger partial charge in [0.05, 0.1) is 29.2 Å². The highest BCUT2D eigenvalue weighted by atomic mass is 32.1. The number of anilines is 2. The molecule has 3 aromatic rings. The van der Waals surface area contributed by atoms with Gasteiger partial charge in [-0.1, -0.05) is 0 Å². The smallest absolute Gasteiger partial charge is 0.321 e. The van der Waals surface area contributed by atoms with Gasteiger partial charge in [0.1, 0.15) is 10.7 Å². The molecule has 0 fully saturated rings. The number of hydrogen-bond donors (Lipinski definition) is 2. The van der Waals surface area contributed by atoms with E-state index in [1.54, 1.807) is 13.8 Å². The van der Waals surface area contributed by atoms with Crippen molar-refractivity contribution in [2.45, 2.75) is 20.0 Å². The molecule has 0 atom stereocenters. The first-order valence-corrected chi connectivity index (χ1v) is 9.11. The van der Waals surface area contributed by atoms with Crippen molar-refractivity contribution in [2.24, 2.45) is 0 Å². The zero-order valence-corrected chi connectivity index (χ0v) is 16.3. The number of carbonyl (C=O) groups excluding carboxylic acids is 2. The van der Waals surface area contributed by atoms with Crippen molar-refractivity contribution >= 4 is 34.7 Å². The highest BCUT2D eigenvalue weighted by molar-refractivity contribution is 7.13. The van der Waals surface area contributed by atoms with Gasteiger partial charge in [-0.2, -0.15) is 13.2 Å². The molecule has 7 nitrogen and oxygen atoms in total. The number of rotatable bonds is 4. The second-order valence-corrected chi connectivity index (χ2v) is 7.32. The summed E-state index contributed by atoms with van der Waals surface area (Å²) in [6, 6.07) is 2.18. The summed E-state index contributed by atoms with van der Waals surface area (Å²) < 4.78 is 51.9. The molecule has 2 aromatic heterocycles. The highest BCUT2D eigenvalue weighted by Crippen LogP contribution is 2.27. The average Bonchev–Trinajstić information content (AvgIpc) is 3.10. The Morgan fingerprint density at radius 2 is 1.70 bits per heavy atom. The van der Waals surface area contributed by atoms with Crippen molar-refractivity contribution in [1.29, 1.82) is 0 Å². The van der Waals surface area contributed by atoms with Crippen LogP contribution in [0, 0.1) is 19.7 Å². The van der Waals surface area contributed by atoms with Gasteiger partial charge in [0.25, 0.3) is 11.8 Å². The first kappa shape index (κ1) is 21.3. The lowest BCUT2D eigenvalue weighted by atomic mass is 10.1. The summed E-state index contributed by atoms with van der Waals surface area (Å²) >= 11 is 1.17. The van der Waals surface area contributed by atoms with Gasteiger partial charge in [-0.05, 0) is 31.5 Å². The molecular formula is C18H13F4N5O2S. The molecule has 156 valence electrons. The van der Waals surface area contributed by atoms with Crippen LogP contribution < -0.4 is 10.6 Å². The molecule has 0 unspecified atom stereocenters. The number of nitrogens with zero attached hydrogens (tertiary/aromatic N) is 3. The van der Waals surface area contributed by atoms with E-state index in [1.807, 2.05) is 0 Å². The number of aryl methyl sites for hydroxylation is 2. The third-order valence-corrected chi connectivity index (χ3v) is 4.75. The summed E-state index contributed by atoms with van der Waals surface area (Å²) in [5.74, 6) is -2.61. The number of carbonyl (C=O) groups is 2. The average molecular weight is 439 g/mol. The van der Waals surface area contributed by atoms with E-state index in [-0.39, 0.29) is 11.5 Å². The Morgan fingerprint density at radius 1 is 0.967 bits per heavy atom. The first-order chi connectivity index (χ1) is 14.0. The lowest BCUT2D eigenvalue weighted by Gasteiger charge is -2.12. The standard InChI is InChI=1S/C18H13F4N5O2S/c1-8-3-11(19)10(4-12(8)26-17(29)13-5-23-9(2)30-13)16(28)27-15-7-24-14(6-25-15)18(20,21)22/h3-7H,1-2H3,(H,26,29)(H,25,27,28). The number of benzene rings is 1. The van der Waals surface area contributed by atoms with E-state index in [0.29, 0.717) is 27.8 Å². The van der Waals surface area contributed by atoms with Gasteiger partial charge in [-0.15, -0.1) is 11.3 Å². The minimum Gasteiger partial charge on any atom is -0.321 e. The largest absolute Gasteiger partial charge is 0.434 e. The maximum Gasteiger partial charge on any atom is 0.434 e. The van der Waals surface area contributed by atoms with Crippen LogP contribution in [0.2, 0.25) is 0 Å². The summed E-state index contributed by atoms with van der Waals surface area (Å²) in [5, 5.41) is 5.44. The minimum absolute atomic E-state index is 0.191. The van der Waals surface area contributed by atoms with Crippen molar-refractivity contribution in [3.05, 3.63) is 63.2 Å². The molecule has 0 aliphatic carbocycles. The molecule has 0 saturated heterocycles. The number of hydrogen-bond acceptors (Lipinski definition) is 6. The van der Waals surface area contributed by atoms with E-state index in [0.717, 1.165) is 12.1 Å². The fraction of sp³-hybridized carbons (Fsp3) is 0.167. The van der Waals surface area contributed by atoms with Crippen molar-refractivity contribution in [1.82, 2.24) is 15.0 Å². The second kappa shape index (κ2) is 8.14. The number of alkyl halides is 3. The number of amides is 2. The third kappa shape index (κ3) is 4.76. The zero-order valence-electron chi connectivity index (χ0n) is 15.5. The molecular weight excluding hydrogens is 426 g/mol. The van der Waals surface area contributed by atoms with E-state index in [1.165, 1.54) is 17.5 Å². The van der Waals surface area contributed by atoms with Crippen LogP contribution in [-0.2, 0) is 6.18 Å². The van der Waals surface area contributed by atoms with Crippen LogP contribution in [0.5, 0.6) is 0 Å².